The van der Waals surface area contributed by atoms with Gasteiger partial charge in [-0.05, 0) is 208 Å². The Morgan fingerprint density at radius 1 is 0.238 bits per heavy atom. The smallest absolute Gasteiger partial charge is 0.248 e. The molecule has 84 heavy (non-hydrogen) atoms. The quantitative estimate of drug-likeness (QED) is 0.121. The Balaban J connectivity index is 1.01. The van der Waals surface area contributed by atoms with Crippen LogP contribution in [0.5, 0.6) is 0 Å². The van der Waals surface area contributed by atoms with Gasteiger partial charge in [0, 0.05) is 33.9 Å². The summed E-state index contributed by atoms with van der Waals surface area (Å²) in [6.45, 7) is 9.21. The number of hydrogen-bond acceptors (Lipinski definition) is 2. The average Bonchev–Trinajstić information content (AvgIpc) is 0.690. The van der Waals surface area contributed by atoms with E-state index in [4.69, 9.17) is 0 Å². The SMILES string of the molecule is Cc1cccc(C)c1-c1cc2c3c(cc4c(-c5c(C)cccc5C)cc5c6c(cc1c3c46)B1c3ccccc3N(c3ccccc3-c3ccccc3)c3cccc-5c31)B1c3ccccc3N(c3ccccc3-c3ccccc3)c3cccc-2c31. The molecule has 0 aromatic heterocycles. The number of aryl methyl sites for hydroxylation is 4. The second-order valence-electron chi connectivity index (χ2n) is 23.9. The van der Waals surface area contributed by atoms with Crippen LogP contribution in [0.4, 0.5) is 34.1 Å². The molecule has 14 aromatic carbocycles. The summed E-state index contributed by atoms with van der Waals surface area (Å²) in [5, 5.41) is 8.14. The Bertz CT molecular complexity index is 4790. The number of para-hydroxylation sites is 4. The van der Waals surface area contributed by atoms with Crippen molar-refractivity contribution in [1.29, 1.82) is 0 Å². The van der Waals surface area contributed by atoms with E-state index in [1.54, 1.807) is 0 Å². The van der Waals surface area contributed by atoms with E-state index in [1.807, 2.05) is 0 Å². The number of rotatable bonds is 6. The molecule has 0 fully saturated rings. The summed E-state index contributed by atoms with van der Waals surface area (Å²) < 4.78 is 0. The lowest BCUT2D eigenvalue weighted by molar-refractivity contribution is 1.29. The van der Waals surface area contributed by atoms with Crippen LogP contribution in [-0.4, -0.2) is 13.4 Å². The highest BCUT2D eigenvalue weighted by Gasteiger charge is 2.46. The van der Waals surface area contributed by atoms with E-state index in [2.05, 4.69) is 292 Å². The highest BCUT2D eigenvalue weighted by atomic mass is 15.2. The van der Waals surface area contributed by atoms with Crippen LogP contribution in [0, 0.1) is 27.7 Å². The van der Waals surface area contributed by atoms with Crippen LogP contribution in [0.15, 0.2) is 255 Å². The Morgan fingerprint density at radius 2 is 0.571 bits per heavy atom. The minimum absolute atomic E-state index is 0.0335. The zero-order valence-electron chi connectivity index (χ0n) is 47.3. The molecule has 0 radical (unpaired) electrons. The van der Waals surface area contributed by atoms with E-state index in [9.17, 15) is 0 Å². The zero-order valence-corrected chi connectivity index (χ0v) is 47.3. The van der Waals surface area contributed by atoms with E-state index >= 15 is 0 Å². The number of nitrogens with zero attached hydrogens (tertiary/aromatic N) is 2. The molecular weight excluding hydrogens is 1010 g/mol. The van der Waals surface area contributed by atoms with Gasteiger partial charge in [-0.1, -0.05) is 217 Å². The normalized spacial score (nSPS) is 13.1. The fourth-order valence-electron chi connectivity index (χ4n) is 16.3. The maximum Gasteiger partial charge on any atom is 0.248 e. The molecule has 0 amide bonds. The van der Waals surface area contributed by atoms with Crippen LogP contribution in [0.3, 0.4) is 0 Å². The molecule has 0 bridgehead atoms. The molecule has 0 atom stereocenters. The molecule has 0 saturated heterocycles. The Labute approximate surface area is 491 Å². The third-order valence-electron chi connectivity index (χ3n) is 19.5. The van der Waals surface area contributed by atoms with E-state index in [0.717, 1.165) is 0 Å². The lowest BCUT2D eigenvalue weighted by atomic mass is 9.31. The van der Waals surface area contributed by atoms with E-state index in [0.29, 0.717) is 0 Å². The number of hydrogen-bond donors (Lipinski definition) is 0. The summed E-state index contributed by atoms with van der Waals surface area (Å²) in [7, 11) is 0. The van der Waals surface area contributed by atoms with Gasteiger partial charge in [-0.3, -0.25) is 0 Å². The number of fused-ring (bicyclic) bond motifs is 8. The first-order valence-electron chi connectivity index (χ1n) is 29.7. The third kappa shape index (κ3) is 6.38. The van der Waals surface area contributed by atoms with Gasteiger partial charge in [0.05, 0.1) is 11.4 Å². The maximum atomic E-state index is 2.69. The molecular formula is C80H54B2N2. The van der Waals surface area contributed by atoms with E-state index in [1.165, 1.54) is 188 Å². The molecule has 4 heteroatoms. The van der Waals surface area contributed by atoms with Crippen molar-refractivity contribution in [3.8, 4) is 66.8 Å². The van der Waals surface area contributed by atoms with Crippen LogP contribution in [0.25, 0.3) is 99.1 Å². The summed E-state index contributed by atoms with van der Waals surface area (Å²) >= 11 is 0. The van der Waals surface area contributed by atoms with Gasteiger partial charge in [-0.25, -0.2) is 0 Å². The summed E-state index contributed by atoms with van der Waals surface area (Å²) in [6, 6.07) is 97.0. The second-order valence-corrected chi connectivity index (χ2v) is 23.9. The van der Waals surface area contributed by atoms with Gasteiger partial charge in [-0.2, -0.15) is 0 Å². The number of benzene rings is 14. The lowest BCUT2D eigenvalue weighted by Gasteiger charge is -2.42. The van der Waals surface area contributed by atoms with Gasteiger partial charge in [-0.15, -0.1) is 0 Å². The molecule has 4 aliphatic rings. The lowest BCUT2D eigenvalue weighted by Crippen LogP contribution is -2.60. The van der Waals surface area contributed by atoms with Crippen LogP contribution in [0.1, 0.15) is 22.3 Å². The monoisotopic (exact) mass is 1060 g/mol. The maximum absolute atomic E-state index is 2.69. The predicted octanol–water partition coefficient (Wildman–Crippen LogP) is 17.0. The second kappa shape index (κ2) is 17.7. The van der Waals surface area contributed by atoms with Crippen molar-refractivity contribution in [2.75, 3.05) is 9.80 Å². The van der Waals surface area contributed by atoms with Crippen molar-refractivity contribution in [1.82, 2.24) is 0 Å². The van der Waals surface area contributed by atoms with Gasteiger partial charge in [0.2, 0.25) is 13.4 Å². The van der Waals surface area contributed by atoms with Crippen LogP contribution >= 0.6 is 0 Å². The Kier molecular flexibility index (Phi) is 9.99. The molecule has 0 saturated carbocycles. The van der Waals surface area contributed by atoms with Gasteiger partial charge >= 0.3 is 0 Å². The van der Waals surface area contributed by atoms with E-state index in [-0.39, 0.29) is 13.4 Å². The largest absolute Gasteiger partial charge is 0.311 e. The van der Waals surface area contributed by atoms with Gasteiger partial charge in [0.25, 0.3) is 0 Å². The van der Waals surface area contributed by atoms with Crippen molar-refractivity contribution in [2.45, 2.75) is 27.7 Å². The molecule has 0 aliphatic carbocycles. The van der Waals surface area contributed by atoms with Crippen molar-refractivity contribution in [2.24, 2.45) is 0 Å². The predicted molar refractivity (Wildman–Crippen MR) is 360 cm³/mol. The standard InChI is InChI=1S/C80H54B2N2/c1-47-23-19-24-48(2)73(47)59-43-57-55-33-21-41-71-79(55)82(64-36-14-18-40-70(64)83(71)67-37-15-11-31-53(67)51-27-7-5-8-28-51)66-46-62-60(74-49(3)25-20-26-50(74)4)44-58-56-34-22-42-72-80(56)81(65-45-61(59)77(75(57)66)78(62)76(58)65)63-35-13-17-39-69(63)84(72)68-38-16-12-32-54(68)52-29-9-6-10-30-52/h5-46H,1-4H3. The minimum Gasteiger partial charge on any atom is -0.311 e. The summed E-state index contributed by atoms with van der Waals surface area (Å²) in [5.41, 5.74) is 35.8. The first kappa shape index (κ1) is 47.5. The topological polar surface area (TPSA) is 6.48 Å². The summed E-state index contributed by atoms with van der Waals surface area (Å²) in [4.78, 5) is 5.14. The average molecular weight is 1060 g/mol. The molecule has 0 spiro atoms. The van der Waals surface area contributed by atoms with Crippen molar-refractivity contribution in [3.63, 3.8) is 0 Å². The van der Waals surface area contributed by atoms with Gasteiger partial charge in [0.15, 0.2) is 0 Å². The first-order valence-corrected chi connectivity index (χ1v) is 29.7. The van der Waals surface area contributed by atoms with Crippen molar-refractivity contribution < 1.29 is 0 Å². The fraction of sp³-hybridized carbons (Fsp3) is 0.0500. The van der Waals surface area contributed by atoms with Gasteiger partial charge in [0.1, 0.15) is 0 Å². The molecule has 0 N–H and O–H groups in total. The van der Waals surface area contributed by atoms with Crippen LogP contribution in [0.2, 0.25) is 0 Å². The third-order valence-corrected chi connectivity index (χ3v) is 19.5. The molecule has 2 nitrogen and oxygen atoms in total. The van der Waals surface area contributed by atoms with Crippen molar-refractivity contribution >= 4 is 113 Å². The first-order chi connectivity index (χ1) is 41.4. The highest BCUT2D eigenvalue weighted by Crippen LogP contribution is 2.54. The molecule has 14 aromatic rings. The highest BCUT2D eigenvalue weighted by molar-refractivity contribution is 7.02. The van der Waals surface area contributed by atoms with Gasteiger partial charge < -0.3 is 9.80 Å². The summed E-state index contributed by atoms with van der Waals surface area (Å²) in [6.07, 6.45) is 0. The molecule has 18 rings (SSSR count). The fourth-order valence-corrected chi connectivity index (χ4v) is 16.3. The van der Waals surface area contributed by atoms with Crippen LogP contribution < -0.4 is 42.6 Å². The zero-order chi connectivity index (χ0) is 55.6. The Morgan fingerprint density at radius 3 is 0.988 bits per heavy atom. The molecule has 390 valence electrons. The molecule has 4 heterocycles. The molecule has 4 aliphatic heterocycles. The number of anilines is 6. The Hall–Kier alpha value is -10.2. The van der Waals surface area contributed by atoms with Crippen LogP contribution in [-0.2, 0) is 0 Å². The molecule has 0 unspecified atom stereocenters. The van der Waals surface area contributed by atoms with E-state index < -0.39 is 0 Å². The van der Waals surface area contributed by atoms with Crippen molar-refractivity contribution in [3.05, 3.63) is 277 Å². The summed E-state index contributed by atoms with van der Waals surface area (Å²) in [5.74, 6) is 0. The minimum atomic E-state index is -0.0335.